The number of nitrogens with zero attached hydrogens (tertiary/aromatic N) is 2. The zero-order valence-corrected chi connectivity index (χ0v) is 15.6. The minimum absolute atomic E-state index is 0. The number of allylic oxidation sites excluding steroid dienone is 2. The maximum absolute atomic E-state index is 9.57. The van der Waals surface area contributed by atoms with Gasteiger partial charge in [0.2, 0.25) is 0 Å². The van der Waals surface area contributed by atoms with Crippen LogP contribution < -0.4 is 11.5 Å². The number of carbonyl (C=O) groups is 2. The molecule has 0 saturated carbocycles. The van der Waals surface area contributed by atoms with Crippen molar-refractivity contribution in [2.24, 2.45) is 11.5 Å². The number of hydrogen-bond acceptors (Lipinski definition) is 4. The molecule has 1 fully saturated rings. The predicted molar refractivity (Wildman–Crippen MR) is 93.9 cm³/mol. The molecule has 1 saturated heterocycles. The molecule has 147 valence electrons. The molecule has 2 rings (SSSR count). The molecule has 2 aliphatic heterocycles. The summed E-state index contributed by atoms with van der Waals surface area (Å²) in [6.45, 7) is 4.71. The first-order chi connectivity index (χ1) is 11.3. The van der Waals surface area contributed by atoms with Crippen LogP contribution in [-0.4, -0.2) is 53.4 Å². The Labute approximate surface area is 159 Å². The summed E-state index contributed by atoms with van der Waals surface area (Å²) < 4.78 is 0. The minimum Gasteiger partial charge on any atom is -0.686 e. The molecule has 0 bridgehead atoms. The summed E-state index contributed by atoms with van der Waals surface area (Å²) in [5, 5.41) is 24.7. The van der Waals surface area contributed by atoms with Gasteiger partial charge in [0, 0.05) is 16.8 Å². The van der Waals surface area contributed by atoms with E-state index in [1.165, 1.54) is 38.8 Å². The van der Waals surface area contributed by atoms with Crippen LogP contribution in [0.2, 0.25) is 0 Å². The van der Waals surface area contributed by atoms with Crippen molar-refractivity contribution in [3.05, 3.63) is 34.6 Å². The third-order valence-corrected chi connectivity index (χ3v) is 3.14. The third-order valence-electron chi connectivity index (χ3n) is 3.14. The van der Waals surface area contributed by atoms with Crippen LogP contribution in [0.25, 0.3) is 10.6 Å². The molecule has 0 aliphatic carbocycles. The summed E-state index contributed by atoms with van der Waals surface area (Å²) in [6, 6.07) is -1.06. The quantitative estimate of drug-likeness (QED) is 0.565. The molecule has 0 spiro atoms. The number of piperidine rings is 1. The van der Waals surface area contributed by atoms with Gasteiger partial charge in [-0.25, -0.2) is 0 Å². The van der Waals surface area contributed by atoms with Crippen LogP contribution in [0.3, 0.4) is 0 Å². The van der Waals surface area contributed by atoms with Crippen LogP contribution in [0.4, 0.5) is 0 Å². The van der Waals surface area contributed by atoms with Gasteiger partial charge in [-0.3, -0.25) is 9.59 Å². The molecule has 9 heteroatoms. The average Bonchev–Trinajstić information content (AvgIpc) is 2.57. The van der Waals surface area contributed by atoms with E-state index in [-0.39, 0.29) is 16.8 Å². The monoisotopic (exact) mass is 399 g/mol. The second kappa shape index (κ2) is 14.9. The van der Waals surface area contributed by atoms with Gasteiger partial charge in [-0.2, -0.15) is 5.70 Å². The number of aliphatic carboxylic acids is 2. The fourth-order valence-electron chi connectivity index (χ4n) is 1.68. The summed E-state index contributed by atoms with van der Waals surface area (Å²) in [4.78, 5) is 19.1. The number of rotatable bonds is 3. The van der Waals surface area contributed by atoms with Crippen molar-refractivity contribution in [3.8, 4) is 0 Å². The maximum atomic E-state index is 9.57. The van der Waals surface area contributed by atoms with Crippen LogP contribution in [0.1, 0.15) is 33.1 Å². The summed E-state index contributed by atoms with van der Waals surface area (Å²) in [5.74, 6) is -1.93. The fraction of sp³-hybridized carbons (Fsp3) is 0.625. The van der Waals surface area contributed by atoms with E-state index in [0.29, 0.717) is 6.04 Å². The van der Waals surface area contributed by atoms with Gasteiger partial charge >= 0.3 is 11.9 Å². The molecule has 25 heavy (non-hydrogen) atoms. The van der Waals surface area contributed by atoms with Crippen molar-refractivity contribution in [1.29, 1.82) is 0 Å². The number of hydrogen-bond donors (Lipinski definition) is 4. The first kappa shape index (κ1) is 25.8. The van der Waals surface area contributed by atoms with Gasteiger partial charge in [0.15, 0.2) is 0 Å². The maximum Gasteiger partial charge on any atom is 0.320 e. The van der Waals surface area contributed by atoms with Crippen molar-refractivity contribution < 1.29 is 36.6 Å². The number of nitrogens with two attached hydrogens (primary N) is 2. The Bertz CT molecular complexity index is 429. The Hall–Kier alpha value is -1.39. The van der Waals surface area contributed by atoms with Gasteiger partial charge in [-0.15, -0.1) is 25.2 Å². The van der Waals surface area contributed by atoms with Crippen molar-refractivity contribution in [3.63, 3.8) is 0 Å². The Morgan fingerprint density at radius 3 is 2.00 bits per heavy atom. The van der Waals surface area contributed by atoms with E-state index in [0.717, 1.165) is 13.1 Å². The zero-order valence-electron chi connectivity index (χ0n) is 14.6. The molecule has 8 nitrogen and oxygen atoms in total. The van der Waals surface area contributed by atoms with E-state index in [4.69, 9.17) is 21.7 Å². The van der Waals surface area contributed by atoms with E-state index < -0.39 is 24.0 Å². The summed E-state index contributed by atoms with van der Waals surface area (Å²) in [6.07, 6.45) is 10.0. The van der Waals surface area contributed by atoms with Crippen LogP contribution in [0.5, 0.6) is 0 Å². The van der Waals surface area contributed by atoms with Crippen molar-refractivity contribution in [1.82, 2.24) is 0 Å². The Balaban J connectivity index is 0. The van der Waals surface area contributed by atoms with E-state index in [1.807, 2.05) is 0 Å². The SMILES string of the molecule is C1=CC[N-]C(C2CCCC[N-]2)=C1.CC(N)C(=O)O.CC(N)C(=O)O.[Co]. The minimum atomic E-state index is -0.963. The molecule has 2 heterocycles. The largest absolute Gasteiger partial charge is 0.686 e. The smallest absolute Gasteiger partial charge is 0.320 e. The average molecular weight is 399 g/mol. The van der Waals surface area contributed by atoms with Crippen molar-refractivity contribution >= 4 is 11.9 Å². The van der Waals surface area contributed by atoms with Crippen LogP contribution in [0.15, 0.2) is 23.9 Å². The summed E-state index contributed by atoms with van der Waals surface area (Å²) in [7, 11) is 0. The van der Waals surface area contributed by atoms with Crippen LogP contribution >= 0.6 is 0 Å². The van der Waals surface area contributed by atoms with Gasteiger partial charge in [0.1, 0.15) is 12.1 Å². The molecule has 0 aromatic rings. The predicted octanol–water partition coefficient (Wildman–Crippen LogP) is 1.57. The first-order valence-electron chi connectivity index (χ1n) is 7.93. The van der Waals surface area contributed by atoms with Crippen LogP contribution in [0, 0.1) is 0 Å². The van der Waals surface area contributed by atoms with Gasteiger partial charge in [0.25, 0.3) is 0 Å². The number of carboxylic acids is 2. The second-order valence-electron chi connectivity index (χ2n) is 5.53. The molecule has 1 radical (unpaired) electrons. The second-order valence-corrected chi connectivity index (χ2v) is 5.53. The van der Waals surface area contributed by atoms with Gasteiger partial charge in [-0.1, -0.05) is 31.4 Å². The van der Waals surface area contributed by atoms with Crippen LogP contribution in [-0.2, 0) is 26.4 Å². The van der Waals surface area contributed by atoms with E-state index in [2.05, 4.69) is 28.9 Å². The fourth-order valence-corrected chi connectivity index (χ4v) is 1.68. The first-order valence-corrected chi connectivity index (χ1v) is 7.93. The topological polar surface area (TPSA) is 155 Å². The third kappa shape index (κ3) is 13.6. The molecular weight excluding hydrogens is 371 g/mol. The number of carboxylic acid groups (broad SMARTS) is 2. The zero-order chi connectivity index (χ0) is 18.5. The molecular formula is C16H28CoN4O4-2. The van der Waals surface area contributed by atoms with Crippen molar-refractivity contribution in [2.75, 3.05) is 13.1 Å². The Kier molecular flexibility index (Phi) is 15.4. The molecule has 0 aromatic carbocycles. The summed E-state index contributed by atoms with van der Waals surface area (Å²) >= 11 is 0. The summed E-state index contributed by atoms with van der Waals surface area (Å²) in [5.41, 5.74) is 10.9. The van der Waals surface area contributed by atoms with E-state index in [1.54, 1.807) is 0 Å². The normalized spacial score (nSPS) is 20.6. The molecule has 0 amide bonds. The molecule has 3 unspecified atom stereocenters. The Morgan fingerprint density at radius 2 is 1.68 bits per heavy atom. The molecule has 6 N–H and O–H groups in total. The molecule has 3 atom stereocenters. The van der Waals surface area contributed by atoms with E-state index in [9.17, 15) is 9.59 Å². The standard InChI is InChI=1S/C10H14N2.2C3H7NO2.Co/c1-3-7-11-9(5-1)10-6-2-4-8-12-10;2*1-2(4)3(5)6;/h1,3,5,10H,2,4,6-8H2;2*2H,4H2,1H3,(H,5,6);/q-2;;;. The van der Waals surface area contributed by atoms with Crippen molar-refractivity contribution in [2.45, 2.75) is 51.2 Å². The van der Waals surface area contributed by atoms with Gasteiger partial charge < -0.3 is 32.3 Å². The van der Waals surface area contributed by atoms with Gasteiger partial charge in [-0.05, 0) is 13.8 Å². The Morgan fingerprint density at radius 1 is 1.16 bits per heavy atom. The van der Waals surface area contributed by atoms with Gasteiger partial charge in [0.05, 0.1) is 0 Å². The molecule has 0 aromatic heterocycles. The molecule has 2 aliphatic rings. The van der Waals surface area contributed by atoms with E-state index >= 15 is 0 Å².